The lowest BCUT2D eigenvalue weighted by Gasteiger charge is -2.13. The molecular formula is C21H22N2O4. The van der Waals surface area contributed by atoms with E-state index in [0.717, 1.165) is 18.4 Å². The molecule has 1 aliphatic rings. The molecule has 140 valence electrons. The monoisotopic (exact) mass is 366 g/mol. The number of aryl methyl sites for hydroxylation is 1. The van der Waals surface area contributed by atoms with E-state index in [9.17, 15) is 14.4 Å². The fraction of sp³-hybridized carbons (Fsp3) is 0.286. The second-order valence-electron chi connectivity index (χ2n) is 6.54. The molecular weight excluding hydrogens is 344 g/mol. The van der Waals surface area contributed by atoms with Gasteiger partial charge in [-0.2, -0.15) is 0 Å². The van der Waals surface area contributed by atoms with E-state index in [0.29, 0.717) is 30.0 Å². The fourth-order valence-corrected chi connectivity index (χ4v) is 2.91. The van der Waals surface area contributed by atoms with Gasteiger partial charge in [0, 0.05) is 18.7 Å². The molecule has 1 unspecified atom stereocenters. The average molecular weight is 366 g/mol. The zero-order valence-electron chi connectivity index (χ0n) is 15.2. The van der Waals surface area contributed by atoms with Crippen LogP contribution in [0.2, 0.25) is 0 Å². The summed E-state index contributed by atoms with van der Waals surface area (Å²) in [6, 6.07) is 13.4. The normalized spacial score (nSPS) is 16.0. The number of ketones is 1. The molecule has 0 radical (unpaired) electrons. The quantitative estimate of drug-likeness (QED) is 0.608. The smallest absolute Gasteiger partial charge is 0.296 e. The van der Waals surface area contributed by atoms with Crippen molar-refractivity contribution in [1.29, 1.82) is 0 Å². The molecule has 0 aromatic heterocycles. The Hall–Kier alpha value is -2.99. The van der Waals surface area contributed by atoms with Crippen molar-refractivity contribution in [3.05, 3.63) is 65.2 Å². The zero-order valence-corrected chi connectivity index (χ0v) is 15.2. The molecule has 1 heterocycles. The lowest BCUT2D eigenvalue weighted by molar-refractivity contribution is -0.112. The van der Waals surface area contributed by atoms with Crippen molar-refractivity contribution in [3.8, 4) is 0 Å². The second-order valence-corrected chi connectivity index (χ2v) is 6.54. The molecule has 0 bridgehead atoms. The highest BCUT2D eigenvalue weighted by Crippen LogP contribution is 2.17. The molecule has 6 nitrogen and oxygen atoms in total. The van der Waals surface area contributed by atoms with Gasteiger partial charge in [-0.15, -0.1) is 0 Å². The summed E-state index contributed by atoms with van der Waals surface area (Å²) in [6.07, 6.45) is 1.94. The van der Waals surface area contributed by atoms with Crippen LogP contribution in [0, 0.1) is 6.92 Å². The number of Topliss-reactive ketones (excluding diaryl/α,β-unsaturated/α-hetero) is 1. The average Bonchev–Trinajstić information content (AvgIpc) is 3.20. The van der Waals surface area contributed by atoms with Gasteiger partial charge in [0.05, 0.1) is 17.4 Å². The van der Waals surface area contributed by atoms with Crippen molar-refractivity contribution in [2.45, 2.75) is 25.9 Å². The van der Waals surface area contributed by atoms with Crippen molar-refractivity contribution in [2.24, 2.45) is 0 Å². The van der Waals surface area contributed by atoms with Gasteiger partial charge in [-0.1, -0.05) is 42.0 Å². The number of para-hydroxylation sites is 1. The molecule has 2 N–H and O–H groups in total. The molecule has 3 rings (SSSR count). The summed E-state index contributed by atoms with van der Waals surface area (Å²) >= 11 is 0. The zero-order chi connectivity index (χ0) is 19.2. The molecule has 2 aromatic carbocycles. The van der Waals surface area contributed by atoms with Crippen LogP contribution in [-0.2, 0) is 9.53 Å². The van der Waals surface area contributed by atoms with Crippen LogP contribution in [0.4, 0.5) is 5.69 Å². The number of nitrogens with one attached hydrogen (secondary N) is 2. The van der Waals surface area contributed by atoms with Gasteiger partial charge in [0.1, 0.15) is 0 Å². The highest BCUT2D eigenvalue weighted by atomic mass is 16.5. The minimum atomic E-state index is -0.779. The number of rotatable bonds is 6. The summed E-state index contributed by atoms with van der Waals surface area (Å²) in [5, 5.41) is 5.37. The number of carbonyl (C=O) groups is 3. The van der Waals surface area contributed by atoms with Crippen molar-refractivity contribution < 1.29 is 19.1 Å². The van der Waals surface area contributed by atoms with Gasteiger partial charge >= 0.3 is 0 Å². The van der Waals surface area contributed by atoms with Crippen LogP contribution < -0.4 is 10.6 Å². The largest absolute Gasteiger partial charge is 0.376 e. The van der Waals surface area contributed by atoms with Crippen molar-refractivity contribution >= 4 is 23.3 Å². The van der Waals surface area contributed by atoms with Crippen LogP contribution in [0.25, 0.3) is 0 Å². The molecule has 1 aliphatic heterocycles. The highest BCUT2D eigenvalue weighted by molar-refractivity contribution is 6.46. The minimum absolute atomic E-state index is 0.0267. The first kappa shape index (κ1) is 18.8. The lowest BCUT2D eigenvalue weighted by Crippen LogP contribution is -2.32. The molecule has 0 saturated carbocycles. The molecule has 0 spiro atoms. The Labute approximate surface area is 157 Å². The standard InChI is InChI=1S/C21H22N2O4/c1-14-8-10-15(11-9-14)19(24)21(26)23-18-7-3-2-6-17(18)20(25)22-13-16-5-4-12-27-16/h2-3,6-11,16H,4-5,12-13H2,1H3,(H,22,25)(H,23,26). The Morgan fingerprint density at radius 1 is 1.07 bits per heavy atom. The number of ether oxygens (including phenoxy) is 1. The third-order valence-corrected chi connectivity index (χ3v) is 4.45. The predicted octanol–water partition coefficient (Wildman–Crippen LogP) is 2.73. The number of hydrogen-bond donors (Lipinski definition) is 2. The van der Waals surface area contributed by atoms with Crippen LogP contribution in [0.15, 0.2) is 48.5 Å². The Balaban J connectivity index is 1.67. The van der Waals surface area contributed by atoms with Gasteiger partial charge < -0.3 is 15.4 Å². The molecule has 1 saturated heterocycles. The Kier molecular flexibility index (Phi) is 5.98. The van der Waals surface area contributed by atoms with Crippen LogP contribution >= 0.6 is 0 Å². The minimum Gasteiger partial charge on any atom is -0.376 e. The van der Waals surface area contributed by atoms with E-state index in [-0.39, 0.29) is 12.0 Å². The summed E-state index contributed by atoms with van der Waals surface area (Å²) in [6.45, 7) is 3.04. The first-order chi connectivity index (χ1) is 13.0. The molecule has 2 aromatic rings. The molecule has 27 heavy (non-hydrogen) atoms. The lowest BCUT2D eigenvalue weighted by atomic mass is 10.1. The van der Waals surface area contributed by atoms with E-state index in [4.69, 9.17) is 4.74 Å². The first-order valence-electron chi connectivity index (χ1n) is 8.96. The van der Waals surface area contributed by atoms with Gasteiger partial charge in [0.2, 0.25) is 0 Å². The topological polar surface area (TPSA) is 84.5 Å². The fourth-order valence-electron chi connectivity index (χ4n) is 2.91. The number of anilines is 1. The number of carbonyl (C=O) groups excluding carboxylic acids is 3. The second kappa shape index (κ2) is 8.60. The number of hydrogen-bond acceptors (Lipinski definition) is 4. The van der Waals surface area contributed by atoms with Crippen molar-refractivity contribution in [3.63, 3.8) is 0 Å². The van der Waals surface area contributed by atoms with Crippen LogP contribution in [0.1, 0.15) is 39.1 Å². The summed E-state index contributed by atoms with van der Waals surface area (Å²) in [4.78, 5) is 37.1. The summed E-state index contributed by atoms with van der Waals surface area (Å²) < 4.78 is 5.49. The van der Waals surface area contributed by atoms with Gasteiger partial charge in [-0.3, -0.25) is 14.4 Å². The third-order valence-electron chi connectivity index (χ3n) is 4.45. The van der Waals surface area contributed by atoms with Gasteiger partial charge in [-0.05, 0) is 31.9 Å². The molecule has 0 aliphatic carbocycles. The van der Waals surface area contributed by atoms with E-state index in [2.05, 4.69) is 10.6 Å². The predicted molar refractivity (Wildman–Crippen MR) is 102 cm³/mol. The number of amides is 2. The summed E-state index contributed by atoms with van der Waals surface area (Å²) in [5.41, 5.74) is 1.91. The Morgan fingerprint density at radius 3 is 2.52 bits per heavy atom. The van der Waals surface area contributed by atoms with Crippen LogP contribution in [0.5, 0.6) is 0 Å². The van der Waals surface area contributed by atoms with Gasteiger partial charge in [0.25, 0.3) is 17.6 Å². The third kappa shape index (κ3) is 4.80. The molecule has 1 atom stereocenters. The number of benzene rings is 2. The van der Waals surface area contributed by atoms with E-state index >= 15 is 0 Å². The van der Waals surface area contributed by atoms with E-state index in [1.54, 1.807) is 48.5 Å². The van der Waals surface area contributed by atoms with Crippen molar-refractivity contribution in [2.75, 3.05) is 18.5 Å². The van der Waals surface area contributed by atoms with Crippen molar-refractivity contribution in [1.82, 2.24) is 5.32 Å². The highest BCUT2D eigenvalue weighted by Gasteiger charge is 2.21. The van der Waals surface area contributed by atoms with Crippen LogP contribution in [0.3, 0.4) is 0 Å². The summed E-state index contributed by atoms with van der Waals surface area (Å²) in [5.74, 6) is -1.74. The van der Waals surface area contributed by atoms with Gasteiger partial charge in [-0.25, -0.2) is 0 Å². The maximum atomic E-state index is 12.5. The Morgan fingerprint density at radius 2 is 1.81 bits per heavy atom. The molecule has 2 amide bonds. The molecule has 6 heteroatoms. The SMILES string of the molecule is Cc1ccc(C(=O)C(=O)Nc2ccccc2C(=O)NCC2CCCO2)cc1. The maximum Gasteiger partial charge on any atom is 0.296 e. The maximum absolute atomic E-state index is 12.5. The first-order valence-corrected chi connectivity index (χ1v) is 8.96. The molecule has 1 fully saturated rings. The van der Waals surface area contributed by atoms with E-state index < -0.39 is 11.7 Å². The van der Waals surface area contributed by atoms with Gasteiger partial charge in [0.15, 0.2) is 0 Å². The van der Waals surface area contributed by atoms with E-state index in [1.807, 2.05) is 6.92 Å². The summed E-state index contributed by atoms with van der Waals surface area (Å²) in [7, 11) is 0. The van der Waals surface area contributed by atoms with E-state index in [1.165, 1.54) is 0 Å². The Bertz CT molecular complexity index is 840. The van der Waals surface area contributed by atoms with Crippen LogP contribution in [-0.4, -0.2) is 36.9 Å².